The predicted molar refractivity (Wildman–Crippen MR) is 50.6 cm³/mol. The fourth-order valence-electron chi connectivity index (χ4n) is 1.73. The van der Waals surface area contributed by atoms with Gasteiger partial charge in [0.15, 0.2) is 0 Å². The summed E-state index contributed by atoms with van der Waals surface area (Å²) < 4.78 is 0.792. The molecule has 0 aromatic carbocycles. The molecule has 0 saturated heterocycles. The highest BCUT2D eigenvalue weighted by molar-refractivity contribution is 6.30. The van der Waals surface area contributed by atoms with E-state index in [-0.39, 0.29) is 0 Å². The van der Waals surface area contributed by atoms with E-state index in [4.69, 9.17) is 0 Å². The Balaban J connectivity index is 3.31. The Morgan fingerprint density at radius 2 is 1.85 bits per heavy atom. The Bertz CT molecular complexity index is 279. The highest BCUT2D eigenvalue weighted by Gasteiger charge is 2.54. The monoisotopic (exact) mass is 184 g/mol. The molecule has 0 bridgehead atoms. The number of hydrogen-bond acceptors (Lipinski definition) is 3. The van der Waals surface area contributed by atoms with Crippen molar-refractivity contribution in [2.75, 3.05) is 7.05 Å². The molecule has 0 spiro atoms. The van der Waals surface area contributed by atoms with Crippen LogP contribution < -0.4 is 0 Å². The van der Waals surface area contributed by atoms with Crippen molar-refractivity contribution in [3.63, 3.8) is 0 Å². The van der Waals surface area contributed by atoms with Gasteiger partial charge >= 0.3 is 0 Å². The van der Waals surface area contributed by atoms with E-state index in [0.29, 0.717) is 12.0 Å². The molecule has 0 radical (unpaired) electrons. The summed E-state index contributed by atoms with van der Waals surface area (Å²) in [6.45, 7) is 7.35. The van der Waals surface area contributed by atoms with E-state index in [0.717, 1.165) is 4.74 Å². The van der Waals surface area contributed by atoms with Crippen molar-refractivity contribution in [3.8, 4) is 0 Å². The first kappa shape index (κ1) is 10.2. The lowest BCUT2D eigenvalue weighted by Gasteiger charge is -2.32. The number of carbonyl (C=O) groups excluding carboxylic acids is 1. The number of hydroxylamine groups is 1. The Labute approximate surface area is 78.4 Å². The summed E-state index contributed by atoms with van der Waals surface area (Å²) in [4.78, 5) is 12.7. The van der Waals surface area contributed by atoms with Crippen LogP contribution in [0.15, 0.2) is 0 Å². The van der Waals surface area contributed by atoms with Crippen LogP contribution in [-0.4, -0.2) is 39.9 Å². The maximum absolute atomic E-state index is 11.7. The van der Waals surface area contributed by atoms with E-state index in [1.807, 2.05) is 25.8 Å². The molecular formula is C9H16N2O2. The lowest BCUT2D eigenvalue weighted by molar-refractivity contribution is -0.555. The zero-order valence-electron chi connectivity index (χ0n) is 8.79. The molecule has 0 atom stereocenters. The Morgan fingerprint density at radius 1 is 1.38 bits per heavy atom. The van der Waals surface area contributed by atoms with Gasteiger partial charge in [0.1, 0.15) is 5.54 Å². The summed E-state index contributed by atoms with van der Waals surface area (Å²) in [6.07, 6.45) is 0.651. The normalized spacial score (nSPS) is 26.5. The van der Waals surface area contributed by atoms with Gasteiger partial charge in [-0.1, -0.05) is 0 Å². The highest BCUT2D eigenvalue weighted by Crippen LogP contribution is 2.31. The zero-order chi connectivity index (χ0) is 10.4. The van der Waals surface area contributed by atoms with E-state index < -0.39 is 11.2 Å². The molecule has 4 heteroatoms. The predicted octanol–water partition coefficient (Wildman–Crippen LogP) is 0.597. The molecule has 0 amide bonds. The number of rotatable bonds is 1. The van der Waals surface area contributed by atoms with Gasteiger partial charge in [-0.2, -0.15) is 4.74 Å². The van der Waals surface area contributed by atoms with Gasteiger partial charge in [-0.05, 0) is 20.9 Å². The number of nitrogens with zero attached hydrogens (tertiary/aromatic N) is 2. The van der Waals surface area contributed by atoms with Crippen LogP contribution in [0.1, 0.15) is 27.7 Å². The van der Waals surface area contributed by atoms with Crippen molar-refractivity contribution in [3.05, 3.63) is 5.21 Å². The van der Waals surface area contributed by atoms with Crippen molar-refractivity contribution >= 4 is 12.0 Å². The van der Waals surface area contributed by atoms with Crippen molar-refractivity contribution in [1.82, 2.24) is 4.90 Å². The molecule has 74 valence electrons. The fraction of sp³-hybridized carbons (Fsp3) is 0.778. The molecule has 1 rings (SSSR count). The maximum atomic E-state index is 11.7. The van der Waals surface area contributed by atoms with E-state index in [1.165, 1.54) is 0 Å². The van der Waals surface area contributed by atoms with Crippen LogP contribution in [0.4, 0.5) is 0 Å². The number of carbonyl (C=O) groups is 1. The maximum Gasteiger partial charge on any atom is 0.248 e. The lowest BCUT2D eigenvalue weighted by atomic mass is 9.98. The Morgan fingerprint density at radius 3 is 2.00 bits per heavy atom. The molecule has 0 N–H and O–H groups in total. The van der Waals surface area contributed by atoms with Gasteiger partial charge in [-0.3, -0.25) is 4.79 Å². The third kappa shape index (κ3) is 1.09. The SMILES string of the molecule is CN1C(C)(C)C(C=O)=[N+]([O-])C1(C)C. The minimum absolute atomic E-state index is 0.292. The molecule has 0 aliphatic carbocycles. The van der Waals surface area contributed by atoms with Crippen molar-refractivity contribution in [2.24, 2.45) is 0 Å². The topological polar surface area (TPSA) is 46.4 Å². The summed E-state index contributed by atoms with van der Waals surface area (Å²) in [7, 11) is 1.85. The molecule has 0 saturated carbocycles. The van der Waals surface area contributed by atoms with E-state index in [2.05, 4.69) is 0 Å². The van der Waals surface area contributed by atoms with Crippen LogP contribution >= 0.6 is 0 Å². The standard InChI is InChI=1S/C9H16N2O2/c1-8(2)7(6-12)11(13)9(3,4)10(8)5/h6H,1-5H3. The van der Waals surface area contributed by atoms with Crippen molar-refractivity contribution < 1.29 is 9.53 Å². The second-order valence-corrected chi connectivity index (χ2v) is 4.41. The summed E-state index contributed by atoms with van der Waals surface area (Å²) in [5.41, 5.74) is -0.827. The van der Waals surface area contributed by atoms with Crippen molar-refractivity contribution in [1.29, 1.82) is 0 Å². The van der Waals surface area contributed by atoms with Crippen molar-refractivity contribution in [2.45, 2.75) is 38.9 Å². The summed E-state index contributed by atoms with van der Waals surface area (Å²) in [5, 5.41) is 11.7. The van der Waals surface area contributed by atoms with E-state index in [1.54, 1.807) is 13.8 Å². The molecule has 4 nitrogen and oxygen atoms in total. The fourth-order valence-corrected chi connectivity index (χ4v) is 1.73. The lowest BCUT2D eigenvalue weighted by Crippen LogP contribution is -2.51. The second kappa shape index (κ2) is 2.54. The second-order valence-electron chi connectivity index (χ2n) is 4.41. The van der Waals surface area contributed by atoms with Gasteiger partial charge in [-0.15, -0.1) is 0 Å². The van der Waals surface area contributed by atoms with Crippen LogP contribution in [0.2, 0.25) is 0 Å². The third-order valence-corrected chi connectivity index (χ3v) is 3.11. The largest absolute Gasteiger partial charge is 0.622 e. The summed E-state index contributed by atoms with van der Waals surface area (Å²) >= 11 is 0. The van der Waals surface area contributed by atoms with Crippen LogP contribution in [0.5, 0.6) is 0 Å². The Hall–Kier alpha value is -0.900. The van der Waals surface area contributed by atoms with E-state index in [9.17, 15) is 10.0 Å². The molecule has 1 aliphatic rings. The molecule has 0 unspecified atom stereocenters. The quantitative estimate of drug-likeness (QED) is 0.340. The molecule has 1 aliphatic heterocycles. The van der Waals surface area contributed by atoms with Gasteiger partial charge in [0.25, 0.3) is 0 Å². The van der Waals surface area contributed by atoms with Gasteiger partial charge < -0.3 is 5.21 Å². The van der Waals surface area contributed by atoms with Gasteiger partial charge in [-0.25, -0.2) is 4.90 Å². The van der Waals surface area contributed by atoms with Crippen LogP contribution in [0.25, 0.3) is 0 Å². The van der Waals surface area contributed by atoms with Crippen LogP contribution in [-0.2, 0) is 4.79 Å². The summed E-state index contributed by atoms with van der Waals surface area (Å²) in [6, 6.07) is 0. The molecule has 0 fully saturated rings. The summed E-state index contributed by atoms with van der Waals surface area (Å²) in [5.74, 6) is 0. The number of aldehydes is 1. The van der Waals surface area contributed by atoms with Crippen LogP contribution in [0.3, 0.4) is 0 Å². The molecule has 13 heavy (non-hydrogen) atoms. The van der Waals surface area contributed by atoms with E-state index >= 15 is 0 Å². The molecule has 0 aromatic rings. The Kier molecular flexibility index (Phi) is 1.99. The number of hydrogen-bond donors (Lipinski definition) is 0. The highest BCUT2D eigenvalue weighted by atomic mass is 16.5. The molecule has 0 aromatic heterocycles. The minimum Gasteiger partial charge on any atom is -0.622 e. The average molecular weight is 184 g/mol. The molecule has 1 heterocycles. The van der Waals surface area contributed by atoms with Gasteiger partial charge in [0.2, 0.25) is 17.7 Å². The first-order valence-corrected chi connectivity index (χ1v) is 4.30. The third-order valence-electron chi connectivity index (χ3n) is 3.11. The molecular weight excluding hydrogens is 168 g/mol. The van der Waals surface area contributed by atoms with Crippen LogP contribution in [0, 0.1) is 5.21 Å². The smallest absolute Gasteiger partial charge is 0.248 e. The van der Waals surface area contributed by atoms with Gasteiger partial charge in [0, 0.05) is 13.8 Å². The van der Waals surface area contributed by atoms with Gasteiger partial charge in [0.05, 0.1) is 0 Å². The zero-order valence-corrected chi connectivity index (χ0v) is 8.79. The first-order chi connectivity index (χ1) is 5.76. The average Bonchev–Trinajstić information content (AvgIpc) is 2.12. The minimum atomic E-state index is -0.639. The first-order valence-electron chi connectivity index (χ1n) is 4.30.